The molecule has 3 aromatic rings. The van der Waals surface area contributed by atoms with Crippen LogP contribution in [-0.4, -0.2) is 25.3 Å². The molecule has 0 unspecified atom stereocenters. The van der Waals surface area contributed by atoms with E-state index in [0.29, 0.717) is 0 Å². The van der Waals surface area contributed by atoms with Crippen LogP contribution in [-0.2, 0) is 9.31 Å². The number of anilines is 2. The van der Waals surface area contributed by atoms with Crippen LogP contribution in [0, 0.1) is 0 Å². The summed E-state index contributed by atoms with van der Waals surface area (Å²) in [5.74, 6) is 2.19. The molecule has 30 heavy (non-hydrogen) atoms. The zero-order valence-corrected chi connectivity index (χ0v) is 17.9. The van der Waals surface area contributed by atoms with Crippen LogP contribution in [0.3, 0.4) is 0 Å². The number of hydrogen-bond donors (Lipinski definition) is 2. The lowest BCUT2D eigenvalue weighted by molar-refractivity contribution is 0.00578. The molecular weight excluding hydrogens is 370 g/mol. The van der Waals surface area contributed by atoms with Crippen molar-refractivity contribution in [3.05, 3.63) is 78.3 Å². The SMILES string of the molecule is CC1(C)OB(/C(=C\B2Nc3cccc4cccc(c34)N2)c2ccccc2)OC1(C)C. The molecule has 1 fully saturated rings. The standard InChI is InChI=1S/C24H26B2N2O2/c1-23(2)24(3,4)30-26(29-23)19(17-10-6-5-7-11-17)16-25-27-20-14-8-12-18-13-9-15-21(28-25)22(18)20/h5-16,27-28H,1-4H3/b19-16-. The summed E-state index contributed by atoms with van der Waals surface area (Å²) in [5, 5.41) is 9.70. The predicted molar refractivity (Wildman–Crippen MR) is 127 cm³/mol. The van der Waals surface area contributed by atoms with Crippen molar-refractivity contribution in [3.63, 3.8) is 0 Å². The van der Waals surface area contributed by atoms with Crippen molar-refractivity contribution in [1.29, 1.82) is 0 Å². The van der Waals surface area contributed by atoms with Gasteiger partial charge in [-0.25, -0.2) is 0 Å². The molecule has 0 radical (unpaired) electrons. The van der Waals surface area contributed by atoms with Gasteiger partial charge in [-0.1, -0.05) is 60.6 Å². The van der Waals surface area contributed by atoms with E-state index in [1.807, 2.05) is 18.2 Å². The first-order valence-corrected chi connectivity index (χ1v) is 10.5. The van der Waals surface area contributed by atoms with Crippen LogP contribution in [0.15, 0.2) is 72.7 Å². The van der Waals surface area contributed by atoms with E-state index in [1.165, 1.54) is 10.8 Å². The number of nitrogens with one attached hydrogen (secondary N) is 2. The summed E-state index contributed by atoms with van der Waals surface area (Å²) in [6.45, 7) is 8.26. The van der Waals surface area contributed by atoms with Crippen molar-refractivity contribution in [1.82, 2.24) is 0 Å². The van der Waals surface area contributed by atoms with E-state index in [0.717, 1.165) is 22.4 Å². The lowest BCUT2D eigenvalue weighted by Gasteiger charge is -2.32. The second-order valence-electron chi connectivity index (χ2n) is 9.05. The van der Waals surface area contributed by atoms with Crippen LogP contribution in [0.5, 0.6) is 0 Å². The summed E-state index contributed by atoms with van der Waals surface area (Å²) in [6, 6.07) is 23.1. The van der Waals surface area contributed by atoms with E-state index in [-0.39, 0.29) is 6.98 Å². The van der Waals surface area contributed by atoms with Gasteiger partial charge in [-0.05, 0) is 56.2 Å². The highest BCUT2D eigenvalue weighted by atomic mass is 16.7. The quantitative estimate of drug-likeness (QED) is 0.581. The summed E-state index contributed by atoms with van der Waals surface area (Å²) in [7, 11) is -0.436. The third kappa shape index (κ3) is 3.21. The van der Waals surface area contributed by atoms with Crippen LogP contribution in [0.4, 0.5) is 11.4 Å². The highest BCUT2D eigenvalue weighted by Gasteiger charge is 2.52. The molecule has 0 aromatic heterocycles. The van der Waals surface area contributed by atoms with Gasteiger partial charge in [0.05, 0.1) is 11.2 Å². The van der Waals surface area contributed by atoms with E-state index in [4.69, 9.17) is 9.31 Å². The van der Waals surface area contributed by atoms with Crippen LogP contribution in [0.25, 0.3) is 16.2 Å². The second kappa shape index (κ2) is 6.93. The molecule has 5 rings (SSSR count). The average Bonchev–Trinajstić information content (AvgIpc) is 2.94. The zero-order valence-electron chi connectivity index (χ0n) is 17.9. The highest BCUT2D eigenvalue weighted by Crippen LogP contribution is 2.41. The highest BCUT2D eigenvalue weighted by molar-refractivity contribution is 6.79. The molecule has 0 spiro atoms. The van der Waals surface area contributed by atoms with E-state index >= 15 is 0 Å². The fourth-order valence-electron chi connectivity index (χ4n) is 4.13. The van der Waals surface area contributed by atoms with Crippen molar-refractivity contribution in [3.8, 4) is 0 Å². The van der Waals surface area contributed by atoms with Gasteiger partial charge in [0.15, 0.2) is 0 Å². The molecule has 4 nitrogen and oxygen atoms in total. The molecule has 2 N–H and O–H groups in total. The number of benzene rings is 3. The maximum absolute atomic E-state index is 6.40. The Balaban J connectivity index is 1.54. The molecule has 0 saturated carbocycles. The fraction of sp³-hybridized carbons (Fsp3) is 0.250. The molecule has 0 amide bonds. The van der Waals surface area contributed by atoms with Crippen molar-refractivity contribution in [2.45, 2.75) is 38.9 Å². The third-order valence-corrected chi connectivity index (χ3v) is 6.49. The van der Waals surface area contributed by atoms with Crippen LogP contribution in [0.2, 0.25) is 0 Å². The van der Waals surface area contributed by atoms with E-state index in [2.05, 4.69) is 92.7 Å². The Kier molecular flexibility index (Phi) is 4.46. The molecule has 3 aromatic carbocycles. The van der Waals surface area contributed by atoms with E-state index in [9.17, 15) is 0 Å². The Morgan fingerprint density at radius 1 is 0.767 bits per heavy atom. The van der Waals surface area contributed by atoms with Crippen molar-refractivity contribution in [2.75, 3.05) is 10.5 Å². The molecule has 2 aliphatic rings. The normalized spacial score (nSPS) is 19.5. The minimum Gasteiger partial charge on any atom is -0.405 e. The minimum atomic E-state index is -0.436. The molecule has 6 heteroatoms. The summed E-state index contributed by atoms with van der Waals surface area (Å²) >= 11 is 0. The van der Waals surface area contributed by atoms with Gasteiger partial charge >= 0.3 is 14.1 Å². The smallest absolute Gasteiger partial charge is 0.405 e. The maximum Gasteiger partial charge on any atom is 0.494 e. The Morgan fingerprint density at radius 2 is 1.33 bits per heavy atom. The Morgan fingerprint density at radius 3 is 1.90 bits per heavy atom. The maximum atomic E-state index is 6.40. The van der Waals surface area contributed by atoms with Gasteiger partial charge in [-0.15, -0.1) is 0 Å². The van der Waals surface area contributed by atoms with E-state index < -0.39 is 18.3 Å². The number of hydrogen-bond acceptors (Lipinski definition) is 4. The summed E-state index contributed by atoms with van der Waals surface area (Å²) in [6.07, 6.45) is 0. The summed E-state index contributed by atoms with van der Waals surface area (Å²) in [5.41, 5.74) is 3.59. The topological polar surface area (TPSA) is 42.5 Å². The Labute approximate surface area is 178 Å². The van der Waals surface area contributed by atoms with Gasteiger partial charge in [-0.3, -0.25) is 0 Å². The molecular formula is C24H26B2N2O2. The van der Waals surface area contributed by atoms with Crippen LogP contribution < -0.4 is 10.5 Å². The Bertz CT molecular complexity index is 1070. The van der Waals surface area contributed by atoms with Crippen LogP contribution in [0.1, 0.15) is 33.3 Å². The van der Waals surface area contributed by atoms with Crippen LogP contribution >= 0.6 is 0 Å². The third-order valence-electron chi connectivity index (χ3n) is 6.49. The second-order valence-corrected chi connectivity index (χ2v) is 9.05. The van der Waals surface area contributed by atoms with Crippen molar-refractivity contribution in [2.24, 2.45) is 0 Å². The summed E-state index contributed by atoms with van der Waals surface area (Å²) in [4.78, 5) is 0. The van der Waals surface area contributed by atoms with Crippen molar-refractivity contribution < 1.29 is 9.31 Å². The lowest BCUT2D eigenvalue weighted by Crippen LogP contribution is -2.41. The molecule has 2 aliphatic heterocycles. The number of rotatable bonds is 3. The van der Waals surface area contributed by atoms with Gasteiger partial charge in [0.1, 0.15) is 0 Å². The monoisotopic (exact) mass is 396 g/mol. The fourth-order valence-corrected chi connectivity index (χ4v) is 4.13. The first-order valence-electron chi connectivity index (χ1n) is 10.5. The first kappa shape index (κ1) is 19.3. The minimum absolute atomic E-state index is 0.0836. The molecule has 2 heterocycles. The van der Waals surface area contributed by atoms with Gasteiger partial charge in [0, 0.05) is 16.8 Å². The van der Waals surface area contributed by atoms with Gasteiger partial charge < -0.3 is 19.8 Å². The molecule has 150 valence electrons. The van der Waals surface area contributed by atoms with E-state index in [1.54, 1.807) is 0 Å². The average molecular weight is 396 g/mol. The van der Waals surface area contributed by atoms with Gasteiger partial charge in [-0.2, -0.15) is 0 Å². The van der Waals surface area contributed by atoms with Gasteiger partial charge in [0.2, 0.25) is 0 Å². The lowest BCUT2D eigenvalue weighted by atomic mass is 9.63. The van der Waals surface area contributed by atoms with Gasteiger partial charge in [0.25, 0.3) is 0 Å². The Hall–Kier alpha value is -2.69. The molecule has 0 aliphatic carbocycles. The van der Waals surface area contributed by atoms with Crippen molar-refractivity contribution >= 4 is 41.7 Å². The predicted octanol–water partition coefficient (Wildman–Crippen LogP) is 5.42. The molecule has 0 atom stereocenters. The molecule has 0 bridgehead atoms. The zero-order chi connectivity index (χ0) is 20.9. The summed E-state index contributed by atoms with van der Waals surface area (Å²) < 4.78 is 12.8. The largest absolute Gasteiger partial charge is 0.494 e. The first-order chi connectivity index (χ1) is 14.3. The molecule has 1 saturated heterocycles.